The summed E-state index contributed by atoms with van der Waals surface area (Å²) in [6.45, 7) is 1.34. The number of aliphatic imine (C=N–C) groups is 3. The minimum atomic E-state index is -1.66. The number of fused-ring (bicyclic) bond motifs is 1. The summed E-state index contributed by atoms with van der Waals surface area (Å²) < 4.78 is 0. The van der Waals surface area contributed by atoms with Crippen LogP contribution in [0.3, 0.4) is 0 Å². The highest BCUT2D eigenvalue weighted by Crippen LogP contribution is 2.20. The number of nitrogens with one attached hydrogen (secondary N) is 9. The van der Waals surface area contributed by atoms with E-state index in [4.69, 9.17) is 40.1 Å². The van der Waals surface area contributed by atoms with E-state index in [1.807, 2.05) is 24.3 Å². The van der Waals surface area contributed by atoms with Crippen molar-refractivity contribution in [2.24, 2.45) is 55.1 Å². The van der Waals surface area contributed by atoms with Gasteiger partial charge in [-0.2, -0.15) is 0 Å². The molecule has 23 N–H and O–H groups in total. The van der Waals surface area contributed by atoms with Crippen molar-refractivity contribution >= 4 is 81.9 Å². The number of rotatable bonds is 20. The first-order valence-electron chi connectivity index (χ1n) is 25.6. The van der Waals surface area contributed by atoms with Crippen LogP contribution in [0.1, 0.15) is 82.3 Å². The molecule has 1 aliphatic rings. The van der Waals surface area contributed by atoms with Crippen molar-refractivity contribution in [1.82, 2.24) is 47.5 Å². The van der Waals surface area contributed by atoms with Crippen molar-refractivity contribution in [3.63, 3.8) is 0 Å². The molecule has 0 aliphatic carbocycles. The van der Waals surface area contributed by atoms with E-state index < -0.39 is 102 Å². The van der Waals surface area contributed by atoms with Gasteiger partial charge in [0.1, 0.15) is 42.3 Å². The molecule has 3 aromatic rings. The van der Waals surface area contributed by atoms with E-state index in [0.717, 1.165) is 10.9 Å². The Morgan fingerprint density at radius 1 is 0.628 bits per heavy atom. The molecule has 0 saturated carbocycles. The number of nitrogens with zero attached hydrogens (tertiary/aromatic N) is 3. The van der Waals surface area contributed by atoms with Gasteiger partial charge in [-0.15, -0.1) is 0 Å². The van der Waals surface area contributed by atoms with E-state index >= 15 is 0 Å². The SMILES string of the molecule is CC(=O)N[C@@H](CCCN=C(N)N)C(=O)N[C@H]1CC(=O)NCCCC[C@@H](C(N)=O)NC(=O)[C@H](Cc2c[nH]c3ccccc23)NC(=O)C(CCCN=C(N)N)NC(=O)[C@@H](Cc2ccccc2)NC(=O)[C@H](CCCN=C(N)N)NC1=O. The van der Waals surface area contributed by atoms with Crippen LogP contribution in [0, 0.1) is 0 Å². The molecule has 1 unspecified atom stereocenters. The van der Waals surface area contributed by atoms with Crippen LogP contribution < -0.4 is 82.7 Å². The fourth-order valence-electron chi connectivity index (χ4n) is 8.44. The molecular formula is C50H75N19O9. The third kappa shape index (κ3) is 21.7. The van der Waals surface area contributed by atoms with Gasteiger partial charge in [0, 0.05) is 63.0 Å². The fraction of sp³-hybridized carbons (Fsp3) is 0.480. The maximum absolute atomic E-state index is 14.7. The van der Waals surface area contributed by atoms with Gasteiger partial charge in [0.05, 0.1) is 6.42 Å². The van der Waals surface area contributed by atoms with Gasteiger partial charge in [-0.05, 0) is 75.0 Å². The Kier molecular flexibility index (Phi) is 25.1. The average molecular weight is 1090 g/mol. The number of para-hydroxylation sites is 1. The number of primary amides is 1. The molecule has 0 radical (unpaired) electrons. The topological polar surface area (TPSA) is 485 Å². The van der Waals surface area contributed by atoms with Gasteiger partial charge in [0.25, 0.3) is 0 Å². The first-order chi connectivity index (χ1) is 37.2. The predicted octanol–water partition coefficient (Wildman–Crippen LogP) is -4.30. The summed E-state index contributed by atoms with van der Waals surface area (Å²) in [7, 11) is 0. The number of H-pyrrole nitrogens is 1. The molecule has 0 bridgehead atoms. The molecule has 4 rings (SSSR count). The quantitative estimate of drug-likeness (QED) is 0.0289. The van der Waals surface area contributed by atoms with Gasteiger partial charge >= 0.3 is 0 Å². The molecule has 424 valence electrons. The molecule has 1 aliphatic heterocycles. The van der Waals surface area contributed by atoms with Crippen LogP contribution in [0.25, 0.3) is 10.9 Å². The number of carbonyl (C=O) groups is 9. The maximum atomic E-state index is 14.7. The predicted molar refractivity (Wildman–Crippen MR) is 292 cm³/mol. The molecule has 1 saturated heterocycles. The van der Waals surface area contributed by atoms with Crippen molar-refractivity contribution in [1.29, 1.82) is 0 Å². The van der Waals surface area contributed by atoms with E-state index in [-0.39, 0.29) is 115 Å². The molecule has 28 heteroatoms. The van der Waals surface area contributed by atoms with Gasteiger partial charge < -0.3 is 87.7 Å². The lowest BCUT2D eigenvalue weighted by Crippen LogP contribution is -2.60. The Morgan fingerprint density at radius 2 is 1.15 bits per heavy atom. The van der Waals surface area contributed by atoms with E-state index in [1.165, 1.54) is 6.92 Å². The lowest BCUT2D eigenvalue weighted by molar-refractivity contribution is -0.136. The molecule has 28 nitrogen and oxygen atoms in total. The molecule has 1 aromatic heterocycles. The zero-order chi connectivity index (χ0) is 57.1. The molecular weight excluding hydrogens is 1010 g/mol. The molecule has 2 heterocycles. The standard InChI is InChI=1S/C50H75N19O9/c1-28(70)63-34(17-9-21-59-48(52)53)42(73)69-39-26-40(71)58-20-8-7-16-33(41(51)72)64-46(77)38(25-30-27-62-32-15-6-5-14-31(30)32)68-44(75)36(19-11-23-61-50(56)57)65-45(76)37(24-29-12-3-2-4-13-29)67-43(74)35(66-47(39)78)18-10-22-60-49(54)55/h2-6,12-15,27,33-39,62H,7-11,16-26H2,1H3,(H2,51,72)(H,58,71)(H,63,70)(H,64,77)(H,65,76)(H,66,78)(H,67,74)(H,68,75)(H,69,73)(H4,52,53,59)(H4,54,55,60)(H4,56,57,61)/t33-,34-,35-,36?,37+,38-,39-/m0/s1. The zero-order valence-corrected chi connectivity index (χ0v) is 43.7. The maximum Gasteiger partial charge on any atom is 0.243 e. The van der Waals surface area contributed by atoms with Crippen molar-refractivity contribution in [3.8, 4) is 0 Å². The second-order valence-electron chi connectivity index (χ2n) is 18.7. The summed E-state index contributed by atoms with van der Waals surface area (Å²) in [5, 5.41) is 22.1. The van der Waals surface area contributed by atoms with Crippen LogP contribution in [0.15, 0.2) is 75.8 Å². The Morgan fingerprint density at radius 3 is 1.74 bits per heavy atom. The van der Waals surface area contributed by atoms with Gasteiger partial charge in [0.2, 0.25) is 53.2 Å². The summed E-state index contributed by atoms with van der Waals surface area (Å²) in [5.74, 6) is -7.98. The number of amides is 9. The summed E-state index contributed by atoms with van der Waals surface area (Å²) >= 11 is 0. The van der Waals surface area contributed by atoms with Crippen molar-refractivity contribution in [3.05, 3.63) is 71.9 Å². The molecule has 1 fully saturated rings. The highest BCUT2D eigenvalue weighted by molar-refractivity contribution is 5.99. The van der Waals surface area contributed by atoms with Crippen LogP contribution in [-0.4, -0.2) is 144 Å². The Hall–Kier alpha value is -8.98. The second kappa shape index (κ2) is 31.8. The fourth-order valence-corrected chi connectivity index (χ4v) is 8.44. The highest BCUT2D eigenvalue weighted by Gasteiger charge is 2.35. The monoisotopic (exact) mass is 1090 g/mol. The van der Waals surface area contributed by atoms with Crippen LogP contribution in [-0.2, 0) is 56.0 Å². The minimum Gasteiger partial charge on any atom is -0.370 e. The number of hydrogen-bond donors (Lipinski definition) is 16. The molecule has 7 atom stereocenters. The first-order valence-corrected chi connectivity index (χ1v) is 25.6. The van der Waals surface area contributed by atoms with Gasteiger partial charge in [0.15, 0.2) is 17.9 Å². The third-order valence-electron chi connectivity index (χ3n) is 12.4. The first kappa shape index (κ1) is 61.6. The van der Waals surface area contributed by atoms with Gasteiger partial charge in [-0.3, -0.25) is 58.1 Å². The molecule has 9 amide bonds. The van der Waals surface area contributed by atoms with E-state index in [2.05, 4.69) is 62.5 Å². The van der Waals surface area contributed by atoms with E-state index in [9.17, 15) is 43.2 Å². The average Bonchev–Trinajstić information content (AvgIpc) is 3.80. The molecule has 2 aromatic carbocycles. The van der Waals surface area contributed by atoms with Crippen LogP contribution >= 0.6 is 0 Å². The number of guanidine groups is 3. The number of aromatic amines is 1. The molecule has 78 heavy (non-hydrogen) atoms. The number of benzene rings is 2. The van der Waals surface area contributed by atoms with Crippen LogP contribution in [0.4, 0.5) is 0 Å². The summed E-state index contributed by atoms with van der Waals surface area (Å²) in [4.78, 5) is 140. The zero-order valence-electron chi connectivity index (χ0n) is 43.7. The Bertz CT molecular complexity index is 2630. The largest absolute Gasteiger partial charge is 0.370 e. The molecule has 0 spiro atoms. The van der Waals surface area contributed by atoms with Gasteiger partial charge in [-0.1, -0.05) is 48.5 Å². The lowest BCUT2D eigenvalue weighted by atomic mass is 10.0. The van der Waals surface area contributed by atoms with Crippen LogP contribution in [0.5, 0.6) is 0 Å². The summed E-state index contributed by atoms with van der Waals surface area (Å²) in [5.41, 5.74) is 41.0. The summed E-state index contributed by atoms with van der Waals surface area (Å²) in [6.07, 6.45) is 1.57. The Labute approximate surface area is 450 Å². The normalized spacial score (nSPS) is 20.6. The van der Waals surface area contributed by atoms with Crippen LogP contribution in [0.2, 0.25) is 0 Å². The lowest BCUT2D eigenvalue weighted by Gasteiger charge is -2.28. The number of carbonyl (C=O) groups excluding carboxylic acids is 9. The third-order valence-corrected chi connectivity index (χ3v) is 12.4. The number of aromatic nitrogens is 1. The Balaban J connectivity index is 1.80. The number of nitrogens with two attached hydrogens (primary N) is 7. The van der Waals surface area contributed by atoms with Crippen molar-refractivity contribution in [2.75, 3.05) is 26.2 Å². The van der Waals surface area contributed by atoms with E-state index in [0.29, 0.717) is 11.1 Å². The van der Waals surface area contributed by atoms with Crippen molar-refractivity contribution < 1.29 is 43.2 Å². The van der Waals surface area contributed by atoms with Crippen molar-refractivity contribution in [2.45, 2.75) is 126 Å². The van der Waals surface area contributed by atoms with Gasteiger partial charge in [-0.25, -0.2) is 0 Å². The highest BCUT2D eigenvalue weighted by atomic mass is 16.2. The smallest absolute Gasteiger partial charge is 0.243 e. The van der Waals surface area contributed by atoms with E-state index in [1.54, 1.807) is 36.5 Å². The summed E-state index contributed by atoms with van der Waals surface area (Å²) in [6, 6.07) is 6.15. The second-order valence-corrected chi connectivity index (χ2v) is 18.7. The number of hydrogen-bond acceptors (Lipinski definition) is 12. The minimum absolute atomic E-state index is 0.00330.